The Labute approximate surface area is 162 Å². The van der Waals surface area contributed by atoms with Crippen LogP contribution in [0.15, 0.2) is 27.9 Å². The molecule has 1 aromatic rings. The number of ether oxygens (including phenoxy) is 2. The van der Waals surface area contributed by atoms with E-state index in [4.69, 9.17) is 0 Å². The first kappa shape index (κ1) is 23.5. The Bertz CT molecular complexity index is 930. The van der Waals surface area contributed by atoms with Crippen LogP contribution >= 0.6 is 10.2 Å². The second-order valence-electron chi connectivity index (χ2n) is 6.03. The van der Waals surface area contributed by atoms with E-state index in [1.807, 2.05) is 0 Å². The van der Waals surface area contributed by atoms with Crippen molar-refractivity contribution < 1.29 is 57.0 Å². The van der Waals surface area contributed by atoms with Crippen LogP contribution < -0.4 is 10.0 Å². The molecule has 1 aromatic carbocycles. The number of alkyl halides is 3. The first-order chi connectivity index (χ1) is 13.3. The van der Waals surface area contributed by atoms with Crippen LogP contribution in [0.5, 0.6) is 5.75 Å². The number of hydrogen-bond acceptors (Lipinski definition) is 6. The van der Waals surface area contributed by atoms with Crippen LogP contribution in [-0.2, 0) is 14.4 Å². The lowest BCUT2D eigenvalue weighted by Crippen LogP contribution is -2.56. The zero-order valence-electron chi connectivity index (χ0n) is 14.8. The molecule has 1 aliphatic rings. The van der Waals surface area contributed by atoms with Crippen molar-refractivity contribution in [1.82, 2.24) is 0 Å². The number of rotatable bonds is 5. The quantitative estimate of drug-likeness (QED) is 0.228. The Hall–Kier alpha value is -2.78. The van der Waals surface area contributed by atoms with Gasteiger partial charge in [0.1, 0.15) is 10.6 Å². The van der Waals surface area contributed by atoms with Gasteiger partial charge in [-0.15, -0.1) is 0 Å². The van der Waals surface area contributed by atoms with Crippen LogP contribution in [0, 0.1) is 12.1 Å². The molecule has 1 N–H and O–H groups in total. The molecule has 0 saturated carbocycles. The SMILES string of the molecule is Cc1cc(S(F)(F)(F)(F)F)cc2c1O[C@H](C(F)(F)F)C(C(=O)OC(C)O/N=[NH+]\[O-])=C2. The molecule has 16 heteroatoms. The summed E-state index contributed by atoms with van der Waals surface area (Å²) in [6, 6.07) is -0.168. The van der Waals surface area contributed by atoms with Gasteiger partial charge in [0.05, 0.1) is 5.57 Å². The predicted molar refractivity (Wildman–Crippen MR) is 84.4 cm³/mol. The Morgan fingerprint density at radius 3 is 2.37 bits per heavy atom. The molecule has 2 rings (SSSR count). The van der Waals surface area contributed by atoms with E-state index in [1.54, 1.807) is 0 Å². The van der Waals surface area contributed by atoms with Crippen molar-refractivity contribution in [1.29, 1.82) is 0 Å². The summed E-state index contributed by atoms with van der Waals surface area (Å²) in [5.74, 6) is -2.53. The second kappa shape index (κ2) is 6.61. The maximum Gasteiger partial charge on any atom is 0.430 e. The maximum absolute atomic E-state index is 13.3. The molecule has 0 aliphatic carbocycles. The minimum absolute atomic E-state index is 0.0433. The van der Waals surface area contributed by atoms with Gasteiger partial charge < -0.3 is 19.5 Å². The maximum atomic E-state index is 13.3. The van der Waals surface area contributed by atoms with Crippen molar-refractivity contribution in [2.24, 2.45) is 5.28 Å². The lowest BCUT2D eigenvalue weighted by molar-refractivity contribution is -0.503. The predicted octanol–water partition coefficient (Wildman–Crippen LogP) is 4.21. The first-order valence-corrected chi connectivity index (χ1v) is 9.56. The third kappa shape index (κ3) is 5.22. The number of benzene rings is 1. The van der Waals surface area contributed by atoms with E-state index in [2.05, 4.69) is 19.6 Å². The fourth-order valence-electron chi connectivity index (χ4n) is 2.43. The molecule has 30 heavy (non-hydrogen) atoms. The highest BCUT2D eigenvalue weighted by Gasteiger charge is 2.65. The molecule has 0 saturated heterocycles. The number of hydrogen-bond donors (Lipinski definition) is 1. The molecule has 0 fully saturated rings. The molecule has 7 nitrogen and oxygen atoms in total. The molecule has 1 unspecified atom stereocenters. The van der Waals surface area contributed by atoms with E-state index in [0.29, 0.717) is 6.08 Å². The number of fused-ring (bicyclic) bond motifs is 1. The lowest BCUT2D eigenvalue weighted by atomic mass is 9.99. The first-order valence-electron chi connectivity index (χ1n) is 7.61. The Morgan fingerprint density at radius 2 is 1.87 bits per heavy atom. The van der Waals surface area contributed by atoms with Crippen LogP contribution in [0.3, 0.4) is 0 Å². The highest BCUT2D eigenvalue weighted by molar-refractivity contribution is 8.45. The third-order valence-corrected chi connectivity index (χ3v) is 4.72. The van der Waals surface area contributed by atoms with Gasteiger partial charge in [-0.1, -0.05) is 24.7 Å². The highest BCUT2D eigenvalue weighted by Crippen LogP contribution is 3.02. The topological polar surface area (TPSA) is 94.2 Å². The molecule has 0 amide bonds. The number of carbonyl (C=O) groups excluding carboxylic acids is 1. The van der Waals surface area contributed by atoms with E-state index in [9.17, 15) is 42.6 Å². The normalized spacial score (nSPS) is 20.3. The highest BCUT2D eigenvalue weighted by atomic mass is 32.5. The Kier molecular flexibility index (Phi) is 5.18. The van der Waals surface area contributed by atoms with E-state index < -0.39 is 62.1 Å². The summed E-state index contributed by atoms with van der Waals surface area (Å²) in [5.41, 5.74) is -2.84. The standard InChI is InChI=1S/C14H12F8N2O5S/c1-6-3-9(30(18,19,20,21)22)4-8-5-10(12(14(15,16)17)28-11(6)8)13(25)27-7(2)29-24-23-26/h3-5,7,12,23H,1-2H3/t7?,12-/m0/s1. The van der Waals surface area contributed by atoms with Gasteiger partial charge in [-0.2, -0.15) is 13.2 Å². The van der Waals surface area contributed by atoms with E-state index in [-0.39, 0.29) is 12.1 Å². The summed E-state index contributed by atoms with van der Waals surface area (Å²) in [7, 11) is -10.2. The van der Waals surface area contributed by atoms with Crippen molar-refractivity contribution in [2.75, 3.05) is 0 Å². The average molecular weight is 472 g/mol. The van der Waals surface area contributed by atoms with Crippen LogP contribution in [0.25, 0.3) is 6.08 Å². The number of nitrogens with one attached hydrogen (secondary N) is 1. The monoisotopic (exact) mass is 472 g/mol. The number of nitrogens with zero attached hydrogens (tertiary/aromatic N) is 1. The van der Waals surface area contributed by atoms with Gasteiger partial charge in [-0.25, -0.2) is 4.79 Å². The van der Waals surface area contributed by atoms with E-state index in [1.165, 1.54) is 0 Å². The van der Waals surface area contributed by atoms with Crippen LogP contribution in [0.1, 0.15) is 18.1 Å². The van der Waals surface area contributed by atoms with Gasteiger partial charge in [-0.05, 0) is 30.7 Å². The molecule has 170 valence electrons. The minimum Gasteiger partial charge on any atom is -0.599 e. The van der Waals surface area contributed by atoms with Gasteiger partial charge in [0, 0.05) is 12.5 Å². The molecule has 0 bridgehead atoms. The van der Waals surface area contributed by atoms with Crippen molar-refractivity contribution in [2.45, 2.75) is 37.3 Å². The average Bonchev–Trinajstić information content (AvgIpc) is 2.55. The summed E-state index contributed by atoms with van der Waals surface area (Å²) >= 11 is 0. The van der Waals surface area contributed by atoms with Gasteiger partial charge >= 0.3 is 22.4 Å². The lowest BCUT2D eigenvalue weighted by Gasteiger charge is -2.41. The summed E-state index contributed by atoms with van der Waals surface area (Å²) < 4.78 is 115. The number of carbonyl (C=O) groups is 1. The van der Waals surface area contributed by atoms with E-state index in [0.717, 1.165) is 19.1 Å². The second-order valence-corrected chi connectivity index (χ2v) is 8.44. The zero-order chi connectivity index (χ0) is 23.2. The third-order valence-electron chi connectivity index (χ3n) is 3.60. The van der Waals surface area contributed by atoms with Gasteiger partial charge in [0.2, 0.25) is 11.4 Å². The van der Waals surface area contributed by atoms with Crippen LogP contribution in [0.4, 0.5) is 32.6 Å². The summed E-state index contributed by atoms with van der Waals surface area (Å²) in [5, 5.41) is 13.4. The molecule has 2 atom stereocenters. The molecular formula is C14H12F8N2O5S. The summed E-state index contributed by atoms with van der Waals surface area (Å²) in [4.78, 5) is 13.9. The molecular weight excluding hydrogens is 460 g/mol. The summed E-state index contributed by atoms with van der Waals surface area (Å²) in [6.07, 6.45) is -9.58. The van der Waals surface area contributed by atoms with E-state index >= 15 is 0 Å². The Balaban J connectivity index is 2.59. The van der Waals surface area contributed by atoms with Crippen LogP contribution in [-0.4, -0.2) is 24.5 Å². The molecule has 0 spiro atoms. The zero-order valence-corrected chi connectivity index (χ0v) is 15.6. The van der Waals surface area contributed by atoms with Gasteiger partial charge in [0.25, 0.3) is 6.29 Å². The molecule has 0 radical (unpaired) electrons. The number of halogens is 8. The largest absolute Gasteiger partial charge is 0.599 e. The molecule has 0 aromatic heterocycles. The summed E-state index contributed by atoms with van der Waals surface area (Å²) in [6.45, 7) is 1.79. The fourth-order valence-corrected chi connectivity index (χ4v) is 3.18. The van der Waals surface area contributed by atoms with Crippen molar-refractivity contribution in [3.05, 3.63) is 34.0 Å². The molecule has 1 aliphatic heterocycles. The fraction of sp³-hybridized carbons (Fsp3) is 0.357. The molecule has 1 heterocycles. The van der Waals surface area contributed by atoms with Crippen molar-refractivity contribution in [3.8, 4) is 5.75 Å². The van der Waals surface area contributed by atoms with Gasteiger partial charge in [0.15, 0.2) is 0 Å². The van der Waals surface area contributed by atoms with Crippen molar-refractivity contribution in [3.63, 3.8) is 0 Å². The van der Waals surface area contributed by atoms with Crippen LogP contribution in [0.2, 0.25) is 0 Å². The number of aryl methyl sites for hydroxylation is 1. The minimum atomic E-state index is -10.2. The smallest absolute Gasteiger partial charge is 0.430 e. The van der Waals surface area contributed by atoms with Gasteiger partial charge in [-0.3, -0.25) is 0 Å². The van der Waals surface area contributed by atoms with Crippen molar-refractivity contribution >= 4 is 22.3 Å². The Morgan fingerprint density at radius 1 is 1.27 bits per heavy atom. The number of esters is 1.